The lowest BCUT2D eigenvalue weighted by Crippen LogP contribution is -2.38. The number of nitrogens with one attached hydrogen (secondary N) is 2. The largest absolute Gasteiger partial charge is 0.491 e. The monoisotopic (exact) mass is 309 g/mol. The van der Waals surface area contributed by atoms with Crippen molar-refractivity contribution in [1.29, 1.82) is 0 Å². The van der Waals surface area contributed by atoms with Crippen LogP contribution in [0.1, 0.15) is 26.3 Å². The number of hydrogen-bond acceptors (Lipinski definition) is 3. The highest BCUT2D eigenvalue weighted by molar-refractivity contribution is 7.98. The number of benzene rings is 1. The molecule has 0 spiro atoms. The van der Waals surface area contributed by atoms with Crippen LogP contribution in [0.4, 0.5) is 0 Å². The minimum absolute atomic E-state index is 0.204. The van der Waals surface area contributed by atoms with Crippen molar-refractivity contribution in [2.24, 2.45) is 4.99 Å². The molecule has 2 N–H and O–H groups in total. The van der Waals surface area contributed by atoms with Crippen molar-refractivity contribution >= 4 is 17.7 Å². The third kappa shape index (κ3) is 7.85. The highest BCUT2D eigenvalue weighted by Gasteiger charge is 1.99. The lowest BCUT2D eigenvalue weighted by Gasteiger charge is -2.11. The van der Waals surface area contributed by atoms with Crippen LogP contribution in [0.15, 0.2) is 29.3 Å². The number of guanidine groups is 1. The van der Waals surface area contributed by atoms with E-state index in [1.54, 1.807) is 0 Å². The Hall–Kier alpha value is -1.36. The molecule has 0 radical (unpaired) electrons. The van der Waals surface area contributed by atoms with Crippen molar-refractivity contribution in [3.8, 4) is 5.75 Å². The predicted molar refractivity (Wildman–Crippen MR) is 93.4 cm³/mol. The van der Waals surface area contributed by atoms with Gasteiger partial charge >= 0.3 is 0 Å². The maximum Gasteiger partial charge on any atom is 0.191 e. The molecule has 118 valence electrons. The lowest BCUT2D eigenvalue weighted by atomic mass is 10.2. The van der Waals surface area contributed by atoms with Crippen molar-refractivity contribution in [3.05, 3.63) is 29.8 Å². The van der Waals surface area contributed by atoms with E-state index < -0.39 is 0 Å². The fraction of sp³-hybridized carbons (Fsp3) is 0.562. The zero-order valence-corrected chi connectivity index (χ0v) is 14.3. The average Bonchev–Trinajstić information content (AvgIpc) is 2.46. The molecule has 0 amide bonds. The maximum absolute atomic E-state index is 5.64. The Balaban J connectivity index is 2.54. The minimum atomic E-state index is 0.204. The van der Waals surface area contributed by atoms with E-state index in [4.69, 9.17) is 4.74 Å². The molecular weight excluding hydrogens is 282 g/mol. The number of aliphatic imine (C=N–C) groups is 1. The first-order valence-corrected chi connectivity index (χ1v) is 8.81. The van der Waals surface area contributed by atoms with Crippen LogP contribution in [0, 0.1) is 0 Å². The fourth-order valence-electron chi connectivity index (χ4n) is 1.73. The topological polar surface area (TPSA) is 45.7 Å². The third-order valence-corrected chi connectivity index (χ3v) is 3.27. The van der Waals surface area contributed by atoms with Gasteiger partial charge in [-0.25, -0.2) is 4.99 Å². The third-order valence-electron chi connectivity index (χ3n) is 2.66. The average molecular weight is 309 g/mol. The van der Waals surface area contributed by atoms with Crippen LogP contribution in [0.2, 0.25) is 0 Å². The molecule has 21 heavy (non-hydrogen) atoms. The summed E-state index contributed by atoms with van der Waals surface area (Å²) >= 11 is 1.82. The van der Waals surface area contributed by atoms with Gasteiger partial charge < -0.3 is 15.4 Å². The van der Waals surface area contributed by atoms with E-state index >= 15 is 0 Å². The summed E-state index contributed by atoms with van der Waals surface area (Å²) in [5.74, 6) is 2.85. The number of nitrogens with zero attached hydrogens (tertiary/aromatic N) is 1. The van der Waals surface area contributed by atoms with E-state index in [2.05, 4.69) is 40.9 Å². The smallest absolute Gasteiger partial charge is 0.191 e. The Bertz CT molecular complexity index is 418. The molecule has 0 bridgehead atoms. The van der Waals surface area contributed by atoms with Crippen molar-refractivity contribution in [3.63, 3.8) is 0 Å². The van der Waals surface area contributed by atoms with Crippen LogP contribution in [0.3, 0.4) is 0 Å². The van der Waals surface area contributed by atoms with E-state index in [-0.39, 0.29) is 6.10 Å². The van der Waals surface area contributed by atoms with Crippen LogP contribution >= 0.6 is 11.8 Å². The molecule has 0 unspecified atom stereocenters. The van der Waals surface area contributed by atoms with Gasteiger partial charge in [0.25, 0.3) is 0 Å². The van der Waals surface area contributed by atoms with E-state index in [1.165, 1.54) is 5.56 Å². The fourth-order valence-corrected chi connectivity index (χ4v) is 2.04. The summed E-state index contributed by atoms with van der Waals surface area (Å²) < 4.78 is 5.64. The normalized spacial score (nSPS) is 11.6. The molecule has 0 aromatic heterocycles. The highest BCUT2D eigenvalue weighted by Crippen LogP contribution is 2.14. The van der Waals surface area contributed by atoms with Crippen LogP contribution in [-0.4, -0.2) is 37.2 Å². The molecule has 0 saturated carbocycles. The van der Waals surface area contributed by atoms with Crippen LogP contribution in [0.25, 0.3) is 0 Å². The van der Waals surface area contributed by atoms with Crippen molar-refractivity contribution in [1.82, 2.24) is 10.6 Å². The van der Waals surface area contributed by atoms with Crippen LogP contribution < -0.4 is 15.4 Å². The lowest BCUT2D eigenvalue weighted by molar-refractivity contribution is 0.242. The minimum Gasteiger partial charge on any atom is -0.491 e. The summed E-state index contributed by atoms with van der Waals surface area (Å²) in [5.41, 5.74) is 1.17. The molecule has 0 aliphatic carbocycles. The molecule has 0 aliphatic heterocycles. The number of ether oxygens (including phenoxy) is 1. The number of hydrogen-bond donors (Lipinski definition) is 2. The van der Waals surface area contributed by atoms with E-state index in [9.17, 15) is 0 Å². The standard InChI is InChI=1S/C16H27N3OS/c1-5-17-16(18-10-11-21-4)19-12-14-6-8-15(9-7-14)20-13(2)3/h6-9,13H,5,10-12H2,1-4H3,(H2,17,18,19). The molecule has 1 rings (SSSR count). The second-order valence-corrected chi connectivity index (χ2v) is 5.91. The molecule has 0 heterocycles. The second kappa shape index (κ2) is 10.4. The van der Waals surface area contributed by atoms with Gasteiger partial charge in [-0.3, -0.25) is 0 Å². The first kappa shape index (κ1) is 17.7. The second-order valence-electron chi connectivity index (χ2n) is 4.93. The highest BCUT2D eigenvalue weighted by atomic mass is 32.2. The molecule has 0 fully saturated rings. The molecule has 1 aromatic carbocycles. The van der Waals surface area contributed by atoms with Gasteiger partial charge in [0, 0.05) is 18.8 Å². The molecular formula is C16H27N3OS. The quantitative estimate of drug-likeness (QED) is 0.440. The number of thioether (sulfide) groups is 1. The Labute approximate surface area is 132 Å². The van der Waals surface area contributed by atoms with Gasteiger partial charge in [0.1, 0.15) is 5.75 Å². The first-order valence-electron chi connectivity index (χ1n) is 7.42. The Morgan fingerprint density at radius 1 is 1.24 bits per heavy atom. The van der Waals surface area contributed by atoms with Crippen LogP contribution in [0.5, 0.6) is 5.75 Å². The molecule has 4 nitrogen and oxygen atoms in total. The van der Waals surface area contributed by atoms with Crippen molar-refractivity contribution in [2.45, 2.75) is 33.4 Å². The maximum atomic E-state index is 5.64. The molecule has 5 heteroatoms. The predicted octanol–water partition coefficient (Wildman–Crippen LogP) is 2.89. The molecule has 0 saturated heterocycles. The van der Waals surface area contributed by atoms with Gasteiger partial charge in [0.15, 0.2) is 5.96 Å². The summed E-state index contributed by atoms with van der Waals surface area (Å²) in [5, 5.41) is 6.58. The molecule has 1 aromatic rings. The zero-order chi connectivity index (χ0) is 15.5. The van der Waals surface area contributed by atoms with Crippen LogP contribution in [-0.2, 0) is 6.54 Å². The van der Waals surface area contributed by atoms with Gasteiger partial charge in [0.2, 0.25) is 0 Å². The summed E-state index contributed by atoms with van der Waals surface area (Å²) in [6.07, 6.45) is 2.31. The SMILES string of the molecule is CCNC(=NCc1ccc(OC(C)C)cc1)NCCSC. The van der Waals surface area contributed by atoms with Crippen molar-refractivity contribution in [2.75, 3.05) is 25.1 Å². The van der Waals surface area contributed by atoms with Gasteiger partial charge in [-0.1, -0.05) is 12.1 Å². The zero-order valence-electron chi connectivity index (χ0n) is 13.5. The van der Waals surface area contributed by atoms with Crippen molar-refractivity contribution < 1.29 is 4.74 Å². The Morgan fingerprint density at radius 3 is 2.52 bits per heavy atom. The summed E-state index contributed by atoms with van der Waals surface area (Å²) in [4.78, 5) is 4.59. The van der Waals surface area contributed by atoms with E-state index in [1.807, 2.05) is 37.7 Å². The van der Waals surface area contributed by atoms with Gasteiger partial charge in [0.05, 0.1) is 12.6 Å². The van der Waals surface area contributed by atoms with E-state index in [0.717, 1.165) is 30.6 Å². The Morgan fingerprint density at radius 2 is 1.95 bits per heavy atom. The summed E-state index contributed by atoms with van der Waals surface area (Å²) in [6, 6.07) is 8.12. The first-order chi connectivity index (χ1) is 10.2. The molecule has 0 aliphatic rings. The van der Waals surface area contributed by atoms with Gasteiger partial charge in [-0.05, 0) is 44.7 Å². The summed E-state index contributed by atoms with van der Waals surface area (Å²) in [7, 11) is 0. The summed E-state index contributed by atoms with van der Waals surface area (Å²) in [6.45, 7) is 8.59. The number of rotatable bonds is 8. The van der Waals surface area contributed by atoms with Gasteiger partial charge in [-0.15, -0.1) is 0 Å². The Kier molecular flexibility index (Phi) is 8.74. The van der Waals surface area contributed by atoms with E-state index in [0.29, 0.717) is 6.54 Å². The van der Waals surface area contributed by atoms with Gasteiger partial charge in [-0.2, -0.15) is 11.8 Å². The molecule has 0 atom stereocenters.